The second-order valence-corrected chi connectivity index (χ2v) is 6.59. The zero-order chi connectivity index (χ0) is 18.0. The Morgan fingerprint density at radius 3 is 2.04 bits per heavy atom. The van der Waals surface area contributed by atoms with Crippen molar-refractivity contribution in [3.8, 4) is 11.1 Å². The number of rotatable bonds is 5. The summed E-state index contributed by atoms with van der Waals surface area (Å²) in [4.78, 5) is 23.5. The Hall–Kier alpha value is -2.82. The molecule has 2 aromatic rings. The molecule has 2 amide bonds. The number of fused-ring (bicyclic) bond motifs is 3. The van der Waals surface area contributed by atoms with Crippen LogP contribution in [0.25, 0.3) is 11.1 Å². The normalized spacial score (nSPS) is 13.9. The third kappa shape index (κ3) is 3.36. The summed E-state index contributed by atoms with van der Waals surface area (Å²) >= 11 is 0. The highest BCUT2D eigenvalue weighted by Gasteiger charge is 2.29. The van der Waals surface area contributed by atoms with Gasteiger partial charge in [0.25, 0.3) is 0 Å². The van der Waals surface area contributed by atoms with Crippen LogP contribution >= 0.6 is 0 Å². The van der Waals surface area contributed by atoms with Gasteiger partial charge in [0.15, 0.2) is 0 Å². The molecule has 5 nitrogen and oxygen atoms in total. The van der Waals surface area contributed by atoms with Gasteiger partial charge < -0.3 is 15.8 Å². The van der Waals surface area contributed by atoms with E-state index in [1.807, 2.05) is 38.1 Å². The number of hydrogen-bond acceptors (Lipinski definition) is 3. The van der Waals surface area contributed by atoms with Gasteiger partial charge in [-0.2, -0.15) is 0 Å². The SMILES string of the molecule is CC(C)C(NC(=O)OCC1c2ccccc2-c2ccccc21)C(N)=O. The molecule has 1 atom stereocenters. The standard InChI is InChI=1S/C20H22N2O3/c1-12(2)18(19(21)23)22-20(24)25-11-17-15-9-5-3-7-13(15)14-8-4-6-10-16(14)17/h3-10,12,17-18H,11H2,1-2H3,(H2,21,23)(H,22,24). The summed E-state index contributed by atoms with van der Waals surface area (Å²) in [6.45, 7) is 3.85. The van der Waals surface area contributed by atoms with Crippen LogP contribution in [0.2, 0.25) is 0 Å². The molecule has 0 aliphatic heterocycles. The van der Waals surface area contributed by atoms with Crippen LogP contribution in [0.15, 0.2) is 48.5 Å². The molecule has 0 aromatic heterocycles. The van der Waals surface area contributed by atoms with E-state index in [2.05, 4.69) is 29.6 Å². The van der Waals surface area contributed by atoms with E-state index in [9.17, 15) is 9.59 Å². The molecule has 0 radical (unpaired) electrons. The van der Waals surface area contributed by atoms with Crippen LogP contribution in [-0.4, -0.2) is 24.6 Å². The van der Waals surface area contributed by atoms with Crippen molar-refractivity contribution in [3.05, 3.63) is 59.7 Å². The lowest BCUT2D eigenvalue weighted by atomic mass is 9.98. The average Bonchev–Trinajstić information content (AvgIpc) is 2.91. The van der Waals surface area contributed by atoms with Crippen LogP contribution in [-0.2, 0) is 9.53 Å². The van der Waals surface area contributed by atoms with Crippen molar-refractivity contribution in [2.45, 2.75) is 25.8 Å². The smallest absolute Gasteiger partial charge is 0.407 e. The number of nitrogens with two attached hydrogens (primary N) is 1. The third-order valence-corrected chi connectivity index (χ3v) is 4.59. The van der Waals surface area contributed by atoms with Crippen molar-refractivity contribution < 1.29 is 14.3 Å². The summed E-state index contributed by atoms with van der Waals surface area (Å²) in [5, 5.41) is 2.55. The highest BCUT2D eigenvalue weighted by Crippen LogP contribution is 2.44. The number of amides is 2. The minimum Gasteiger partial charge on any atom is -0.449 e. The summed E-state index contributed by atoms with van der Waals surface area (Å²) in [6, 6.07) is 15.5. The predicted octanol–water partition coefficient (Wildman–Crippen LogP) is 3.04. The lowest BCUT2D eigenvalue weighted by molar-refractivity contribution is -0.120. The Morgan fingerprint density at radius 1 is 1.04 bits per heavy atom. The van der Waals surface area contributed by atoms with Gasteiger partial charge in [0.05, 0.1) is 0 Å². The topological polar surface area (TPSA) is 81.4 Å². The van der Waals surface area contributed by atoms with E-state index < -0.39 is 18.0 Å². The maximum atomic E-state index is 12.1. The van der Waals surface area contributed by atoms with Gasteiger partial charge in [0.2, 0.25) is 5.91 Å². The summed E-state index contributed by atoms with van der Waals surface area (Å²) in [6.07, 6.45) is -0.626. The largest absolute Gasteiger partial charge is 0.449 e. The first-order valence-corrected chi connectivity index (χ1v) is 8.40. The van der Waals surface area contributed by atoms with Gasteiger partial charge in [0.1, 0.15) is 12.6 Å². The molecule has 1 aliphatic carbocycles. The molecule has 1 unspecified atom stereocenters. The van der Waals surface area contributed by atoms with Crippen LogP contribution in [0, 0.1) is 5.92 Å². The Balaban J connectivity index is 1.73. The van der Waals surface area contributed by atoms with Gasteiger partial charge in [-0.1, -0.05) is 62.4 Å². The van der Waals surface area contributed by atoms with Crippen LogP contribution in [0.5, 0.6) is 0 Å². The number of hydrogen-bond donors (Lipinski definition) is 2. The lowest BCUT2D eigenvalue weighted by Crippen LogP contribution is -2.48. The second-order valence-electron chi connectivity index (χ2n) is 6.59. The molecule has 0 heterocycles. The number of ether oxygens (including phenoxy) is 1. The van der Waals surface area contributed by atoms with Gasteiger partial charge >= 0.3 is 6.09 Å². The first-order valence-electron chi connectivity index (χ1n) is 8.40. The molecule has 0 fully saturated rings. The van der Waals surface area contributed by atoms with Crippen molar-refractivity contribution in [2.24, 2.45) is 11.7 Å². The monoisotopic (exact) mass is 338 g/mol. The number of benzene rings is 2. The Labute approximate surface area is 147 Å². The van der Waals surface area contributed by atoms with Crippen LogP contribution in [0.1, 0.15) is 30.9 Å². The maximum Gasteiger partial charge on any atom is 0.407 e. The summed E-state index contributed by atoms with van der Waals surface area (Å²) in [5.41, 5.74) is 9.95. The molecule has 25 heavy (non-hydrogen) atoms. The molecule has 0 bridgehead atoms. The third-order valence-electron chi connectivity index (χ3n) is 4.59. The molecule has 0 saturated carbocycles. The van der Waals surface area contributed by atoms with Crippen LogP contribution in [0.4, 0.5) is 4.79 Å². The summed E-state index contributed by atoms with van der Waals surface area (Å²) in [5.74, 6) is -0.675. The fraction of sp³-hybridized carbons (Fsp3) is 0.300. The quantitative estimate of drug-likeness (QED) is 0.879. The summed E-state index contributed by atoms with van der Waals surface area (Å²) in [7, 11) is 0. The minimum absolute atomic E-state index is 0.00997. The summed E-state index contributed by atoms with van der Waals surface area (Å²) < 4.78 is 5.41. The van der Waals surface area contributed by atoms with Gasteiger partial charge in [-0.05, 0) is 28.2 Å². The van der Waals surface area contributed by atoms with E-state index in [4.69, 9.17) is 10.5 Å². The highest BCUT2D eigenvalue weighted by molar-refractivity contribution is 5.84. The van der Waals surface area contributed by atoms with E-state index in [-0.39, 0.29) is 18.4 Å². The number of alkyl carbamates (subject to hydrolysis) is 1. The fourth-order valence-corrected chi connectivity index (χ4v) is 3.33. The highest BCUT2D eigenvalue weighted by atomic mass is 16.5. The van der Waals surface area contributed by atoms with Gasteiger partial charge in [0, 0.05) is 5.92 Å². The van der Waals surface area contributed by atoms with Crippen LogP contribution in [0.3, 0.4) is 0 Å². The van der Waals surface area contributed by atoms with E-state index in [0.29, 0.717) is 0 Å². The van der Waals surface area contributed by atoms with Gasteiger partial charge in [-0.15, -0.1) is 0 Å². The zero-order valence-electron chi connectivity index (χ0n) is 14.4. The molecule has 2 aromatic carbocycles. The van der Waals surface area contributed by atoms with E-state index in [1.54, 1.807) is 0 Å². The first-order chi connectivity index (χ1) is 12.0. The molecule has 5 heteroatoms. The minimum atomic E-state index is -0.740. The molecular formula is C20H22N2O3. The van der Waals surface area contributed by atoms with Gasteiger partial charge in [-0.25, -0.2) is 4.79 Å². The fourth-order valence-electron chi connectivity index (χ4n) is 3.33. The number of primary amides is 1. The Morgan fingerprint density at radius 2 is 1.56 bits per heavy atom. The number of nitrogens with one attached hydrogen (secondary N) is 1. The predicted molar refractivity (Wildman–Crippen MR) is 96.0 cm³/mol. The average molecular weight is 338 g/mol. The van der Waals surface area contributed by atoms with Gasteiger partial charge in [-0.3, -0.25) is 4.79 Å². The number of carbonyl (C=O) groups excluding carboxylic acids is 2. The molecule has 3 rings (SSSR count). The Kier molecular flexibility index (Phi) is 4.74. The maximum absolute atomic E-state index is 12.1. The lowest BCUT2D eigenvalue weighted by Gasteiger charge is -2.20. The zero-order valence-corrected chi connectivity index (χ0v) is 14.4. The van der Waals surface area contributed by atoms with Crippen molar-refractivity contribution in [3.63, 3.8) is 0 Å². The molecule has 0 saturated heterocycles. The Bertz CT molecular complexity index is 756. The molecule has 1 aliphatic rings. The second kappa shape index (κ2) is 6.97. The van der Waals surface area contributed by atoms with E-state index >= 15 is 0 Å². The van der Waals surface area contributed by atoms with Crippen molar-refractivity contribution in [1.82, 2.24) is 5.32 Å². The van der Waals surface area contributed by atoms with Crippen LogP contribution < -0.4 is 11.1 Å². The van der Waals surface area contributed by atoms with Crippen molar-refractivity contribution in [1.29, 1.82) is 0 Å². The van der Waals surface area contributed by atoms with E-state index in [0.717, 1.165) is 11.1 Å². The van der Waals surface area contributed by atoms with Crippen molar-refractivity contribution >= 4 is 12.0 Å². The molecule has 0 spiro atoms. The molecular weight excluding hydrogens is 316 g/mol. The molecule has 3 N–H and O–H groups in total. The van der Waals surface area contributed by atoms with Crippen molar-refractivity contribution in [2.75, 3.05) is 6.61 Å². The first kappa shape index (κ1) is 17.0. The van der Waals surface area contributed by atoms with E-state index in [1.165, 1.54) is 11.1 Å². The molecule has 130 valence electrons. The number of carbonyl (C=O) groups is 2.